The molecule has 0 aliphatic carbocycles. The SMILES string of the molecule is O=C(O)CCC(=O)OCCOCCOc1ccccc1. The van der Waals surface area contributed by atoms with E-state index in [1.807, 2.05) is 30.3 Å². The third kappa shape index (κ3) is 8.10. The maximum Gasteiger partial charge on any atom is 0.306 e. The highest BCUT2D eigenvalue weighted by Gasteiger charge is 2.05. The van der Waals surface area contributed by atoms with Gasteiger partial charge in [-0.3, -0.25) is 9.59 Å². The molecule has 0 aliphatic heterocycles. The topological polar surface area (TPSA) is 82.1 Å². The lowest BCUT2D eigenvalue weighted by atomic mass is 10.3. The number of rotatable bonds is 10. The van der Waals surface area contributed by atoms with E-state index in [1.54, 1.807) is 0 Å². The van der Waals surface area contributed by atoms with E-state index in [1.165, 1.54) is 0 Å². The number of ether oxygens (including phenoxy) is 3. The Morgan fingerprint density at radius 3 is 2.35 bits per heavy atom. The van der Waals surface area contributed by atoms with Crippen molar-refractivity contribution in [3.63, 3.8) is 0 Å². The Morgan fingerprint density at radius 1 is 0.950 bits per heavy atom. The summed E-state index contributed by atoms with van der Waals surface area (Å²) in [4.78, 5) is 21.3. The summed E-state index contributed by atoms with van der Waals surface area (Å²) in [6.45, 7) is 1.18. The van der Waals surface area contributed by atoms with E-state index in [0.29, 0.717) is 13.2 Å². The predicted molar refractivity (Wildman–Crippen MR) is 70.6 cm³/mol. The van der Waals surface area contributed by atoms with Crippen LogP contribution in [0.2, 0.25) is 0 Å². The zero-order valence-electron chi connectivity index (χ0n) is 11.1. The largest absolute Gasteiger partial charge is 0.491 e. The van der Waals surface area contributed by atoms with Gasteiger partial charge in [0.25, 0.3) is 0 Å². The normalized spacial score (nSPS) is 10.0. The third-order valence-corrected chi connectivity index (χ3v) is 2.27. The van der Waals surface area contributed by atoms with Gasteiger partial charge in [-0.2, -0.15) is 0 Å². The average molecular weight is 282 g/mol. The van der Waals surface area contributed by atoms with Gasteiger partial charge in [-0.25, -0.2) is 0 Å². The number of carbonyl (C=O) groups is 2. The average Bonchev–Trinajstić information content (AvgIpc) is 2.45. The zero-order valence-corrected chi connectivity index (χ0v) is 11.1. The fourth-order valence-electron chi connectivity index (χ4n) is 1.33. The summed E-state index contributed by atoms with van der Waals surface area (Å²) in [5, 5.41) is 8.38. The summed E-state index contributed by atoms with van der Waals surface area (Å²) in [6, 6.07) is 9.37. The third-order valence-electron chi connectivity index (χ3n) is 2.27. The van der Waals surface area contributed by atoms with E-state index < -0.39 is 11.9 Å². The molecule has 110 valence electrons. The van der Waals surface area contributed by atoms with Crippen LogP contribution in [-0.4, -0.2) is 43.5 Å². The van der Waals surface area contributed by atoms with Crippen LogP contribution < -0.4 is 4.74 Å². The van der Waals surface area contributed by atoms with Gasteiger partial charge in [-0.05, 0) is 12.1 Å². The number of para-hydroxylation sites is 1. The molecule has 6 heteroatoms. The maximum absolute atomic E-state index is 11.1. The minimum atomic E-state index is -1.02. The highest BCUT2D eigenvalue weighted by Crippen LogP contribution is 2.07. The van der Waals surface area contributed by atoms with Crippen molar-refractivity contribution in [2.24, 2.45) is 0 Å². The Balaban J connectivity index is 1.92. The molecule has 0 spiro atoms. The molecule has 0 heterocycles. The number of hydrogen-bond acceptors (Lipinski definition) is 5. The molecule has 0 aromatic heterocycles. The first-order chi connectivity index (χ1) is 9.68. The molecule has 0 atom stereocenters. The molecule has 0 fully saturated rings. The van der Waals surface area contributed by atoms with Crippen LogP contribution in [0.1, 0.15) is 12.8 Å². The van der Waals surface area contributed by atoms with Gasteiger partial charge in [0.2, 0.25) is 0 Å². The molecule has 6 nitrogen and oxygen atoms in total. The van der Waals surface area contributed by atoms with E-state index in [2.05, 4.69) is 0 Å². The molecule has 0 amide bonds. The molecule has 1 rings (SSSR count). The second kappa shape index (κ2) is 9.80. The van der Waals surface area contributed by atoms with Crippen LogP contribution in [-0.2, 0) is 19.1 Å². The van der Waals surface area contributed by atoms with Crippen LogP contribution in [0.4, 0.5) is 0 Å². The summed E-state index contributed by atoms with van der Waals surface area (Å²) >= 11 is 0. The van der Waals surface area contributed by atoms with Crippen LogP contribution in [0.3, 0.4) is 0 Å². The summed E-state index contributed by atoms with van der Waals surface area (Å²) in [7, 11) is 0. The first kappa shape index (κ1) is 16.0. The molecule has 0 saturated heterocycles. The second-order valence-electron chi connectivity index (χ2n) is 3.89. The number of hydrogen-bond donors (Lipinski definition) is 1. The first-order valence-electron chi connectivity index (χ1n) is 6.31. The number of esters is 1. The summed E-state index contributed by atoms with van der Waals surface area (Å²) in [6.07, 6.45) is -0.336. The summed E-state index contributed by atoms with van der Waals surface area (Å²) in [5.41, 5.74) is 0. The predicted octanol–water partition coefficient (Wildman–Crippen LogP) is 1.49. The fourth-order valence-corrected chi connectivity index (χ4v) is 1.33. The van der Waals surface area contributed by atoms with Crippen molar-refractivity contribution in [3.05, 3.63) is 30.3 Å². The number of carboxylic acid groups (broad SMARTS) is 1. The zero-order chi connectivity index (χ0) is 14.6. The molecule has 1 aromatic rings. The van der Waals surface area contributed by atoms with Gasteiger partial charge in [-0.15, -0.1) is 0 Å². The number of aliphatic carboxylic acids is 1. The quantitative estimate of drug-likeness (QED) is 0.517. The molecular weight excluding hydrogens is 264 g/mol. The van der Waals surface area contributed by atoms with E-state index in [0.717, 1.165) is 5.75 Å². The molecule has 20 heavy (non-hydrogen) atoms. The number of carboxylic acids is 1. The van der Waals surface area contributed by atoms with Crippen molar-refractivity contribution in [2.45, 2.75) is 12.8 Å². The summed E-state index contributed by atoms with van der Waals surface area (Å²) in [5.74, 6) is -0.774. The Labute approximate surface area is 117 Å². The Hall–Kier alpha value is -2.08. The van der Waals surface area contributed by atoms with Crippen LogP contribution in [0.15, 0.2) is 30.3 Å². The van der Waals surface area contributed by atoms with Crippen molar-refractivity contribution in [1.82, 2.24) is 0 Å². The van der Waals surface area contributed by atoms with Crippen LogP contribution in [0, 0.1) is 0 Å². The Kier molecular flexibility index (Phi) is 7.83. The molecule has 1 aromatic carbocycles. The van der Waals surface area contributed by atoms with E-state index in [-0.39, 0.29) is 26.1 Å². The highest BCUT2D eigenvalue weighted by atomic mass is 16.6. The van der Waals surface area contributed by atoms with Crippen LogP contribution >= 0.6 is 0 Å². The first-order valence-corrected chi connectivity index (χ1v) is 6.31. The van der Waals surface area contributed by atoms with Crippen molar-refractivity contribution >= 4 is 11.9 Å². The number of carbonyl (C=O) groups excluding carboxylic acids is 1. The Morgan fingerprint density at radius 2 is 1.65 bits per heavy atom. The van der Waals surface area contributed by atoms with E-state index in [9.17, 15) is 9.59 Å². The monoisotopic (exact) mass is 282 g/mol. The lowest BCUT2D eigenvalue weighted by Gasteiger charge is -2.07. The van der Waals surface area contributed by atoms with Gasteiger partial charge in [0, 0.05) is 0 Å². The van der Waals surface area contributed by atoms with Gasteiger partial charge in [-0.1, -0.05) is 18.2 Å². The molecular formula is C14H18O6. The molecule has 0 saturated carbocycles. The van der Waals surface area contributed by atoms with Crippen molar-refractivity contribution < 1.29 is 28.9 Å². The van der Waals surface area contributed by atoms with Crippen LogP contribution in [0.5, 0.6) is 5.75 Å². The fraction of sp³-hybridized carbons (Fsp3) is 0.429. The van der Waals surface area contributed by atoms with Crippen molar-refractivity contribution in [3.8, 4) is 5.75 Å². The van der Waals surface area contributed by atoms with Crippen LogP contribution in [0.25, 0.3) is 0 Å². The second-order valence-corrected chi connectivity index (χ2v) is 3.89. The smallest absolute Gasteiger partial charge is 0.306 e. The lowest BCUT2D eigenvalue weighted by Crippen LogP contribution is -2.14. The van der Waals surface area contributed by atoms with E-state index in [4.69, 9.17) is 19.3 Å². The maximum atomic E-state index is 11.1. The molecule has 1 N–H and O–H groups in total. The van der Waals surface area contributed by atoms with Crippen molar-refractivity contribution in [2.75, 3.05) is 26.4 Å². The van der Waals surface area contributed by atoms with Crippen molar-refractivity contribution in [1.29, 1.82) is 0 Å². The minimum absolute atomic E-state index is 0.115. The highest BCUT2D eigenvalue weighted by molar-refractivity contribution is 5.76. The molecule has 0 bridgehead atoms. The van der Waals surface area contributed by atoms with Gasteiger partial charge in [0.05, 0.1) is 26.1 Å². The van der Waals surface area contributed by atoms with Gasteiger partial charge in [0.15, 0.2) is 0 Å². The summed E-state index contributed by atoms with van der Waals surface area (Å²) < 4.78 is 15.4. The lowest BCUT2D eigenvalue weighted by molar-refractivity contribution is -0.148. The van der Waals surface area contributed by atoms with Gasteiger partial charge in [0.1, 0.15) is 19.0 Å². The molecule has 0 unspecified atom stereocenters. The van der Waals surface area contributed by atoms with Gasteiger partial charge < -0.3 is 19.3 Å². The molecule has 0 radical (unpaired) electrons. The number of benzene rings is 1. The Bertz CT molecular complexity index is 403. The molecule has 0 aliphatic rings. The van der Waals surface area contributed by atoms with Gasteiger partial charge >= 0.3 is 11.9 Å². The standard InChI is InChI=1S/C14H18O6/c15-13(16)6-7-14(17)20-11-9-18-8-10-19-12-4-2-1-3-5-12/h1-5H,6-11H2,(H,15,16). The van der Waals surface area contributed by atoms with E-state index >= 15 is 0 Å². The minimum Gasteiger partial charge on any atom is -0.491 e.